The summed E-state index contributed by atoms with van der Waals surface area (Å²) in [6.07, 6.45) is 0.538. The molecule has 0 radical (unpaired) electrons. The van der Waals surface area contributed by atoms with Crippen LogP contribution in [0.15, 0.2) is 24.3 Å². The summed E-state index contributed by atoms with van der Waals surface area (Å²) < 4.78 is 23.5. The van der Waals surface area contributed by atoms with Gasteiger partial charge < -0.3 is 4.55 Å². The van der Waals surface area contributed by atoms with E-state index in [0.29, 0.717) is 11.4 Å². The summed E-state index contributed by atoms with van der Waals surface area (Å²) in [6.45, 7) is 1.77. The van der Waals surface area contributed by atoms with Crippen molar-refractivity contribution in [2.24, 2.45) is 0 Å². The van der Waals surface area contributed by atoms with Crippen molar-refractivity contribution in [2.45, 2.75) is 19.8 Å². The minimum Gasteiger partial charge on any atom is -0.755 e. The molecule has 136 valence electrons. The first-order valence-corrected chi connectivity index (χ1v) is 9.33. The number of benzene rings is 1. The van der Waals surface area contributed by atoms with E-state index >= 15 is 0 Å². The fourth-order valence-corrected chi connectivity index (χ4v) is 3.56. The molecule has 0 spiro atoms. The maximum atomic E-state index is 12.7. The molecule has 2 aromatic rings. The molecule has 3 rings (SSSR count). The van der Waals surface area contributed by atoms with Crippen LogP contribution >= 0.6 is 11.3 Å². The van der Waals surface area contributed by atoms with E-state index in [1.165, 1.54) is 12.1 Å². The van der Waals surface area contributed by atoms with E-state index in [2.05, 4.69) is 10.2 Å². The zero-order chi connectivity index (χ0) is 18.8. The molecule has 1 aliphatic heterocycles. The van der Waals surface area contributed by atoms with Gasteiger partial charge in [0.05, 0.1) is 11.1 Å². The molecule has 3 amide bonds. The van der Waals surface area contributed by atoms with Crippen LogP contribution in [0.5, 0.6) is 0 Å². The standard InChI is InChI=1S/C14H13N5O5S2/c1-2-5-10(20)18(14-16-15-13(25-14)17-26(23)24)19-11(21)8-6-3-4-7-9(8)12(19)22/h3-4,6-7H,2,5H2,1H3,(H,15,17)(H,23,24)/p-1. The molecule has 0 fully saturated rings. The Kier molecular flexibility index (Phi) is 5.06. The second-order valence-corrected chi connectivity index (χ2v) is 6.78. The molecule has 26 heavy (non-hydrogen) atoms. The van der Waals surface area contributed by atoms with Crippen molar-refractivity contribution in [3.05, 3.63) is 35.4 Å². The van der Waals surface area contributed by atoms with Gasteiger partial charge in [0.15, 0.2) is 0 Å². The minimum atomic E-state index is -2.62. The Morgan fingerprint density at radius 1 is 1.27 bits per heavy atom. The van der Waals surface area contributed by atoms with Crippen LogP contribution in [0.3, 0.4) is 0 Å². The lowest BCUT2D eigenvalue weighted by Crippen LogP contribution is -2.50. The van der Waals surface area contributed by atoms with Gasteiger partial charge in [-0.2, -0.15) is 10.0 Å². The number of hydrazine groups is 1. The molecule has 0 saturated carbocycles. The zero-order valence-corrected chi connectivity index (χ0v) is 15.0. The Hall–Kier alpha value is -2.70. The molecule has 2 heterocycles. The van der Waals surface area contributed by atoms with E-state index in [-0.39, 0.29) is 27.8 Å². The molecule has 10 nitrogen and oxygen atoms in total. The zero-order valence-electron chi connectivity index (χ0n) is 13.4. The molecule has 0 saturated heterocycles. The third kappa shape index (κ3) is 3.21. The van der Waals surface area contributed by atoms with Gasteiger partial charge in [-0.15, -0.1) is 10.2 Å². The maximum Gasteiger partial charge on any atom is 0.281 e. The number of amides is 3. The molecular formula is C14H12N5O5S2-. The highest BCUT2D eigenvalue weighted by Crippen LogP contribution is 2.31. The summed E-state index contributed by atoms with van der Waals surface area (Å²) in [7, 11) is 0. The van der Waals surface area contributed by atoms with E-state index < -0.39 is 29.0 Å². The summed E-state index contributed by atoms with van der Waals surface area (Å²) in [5, 5.41) is 8.72. The number of nitrogens with zero attached hydrogens (tertiary/aromatic N) is 4. The largest absolute Gasteiger partial charge is 0.755 e. The molecule has 1 N–H and O–H groups in total. The van der Waals surface area contributed by atoms with Gasteiger partial charge >= 0.3 is 0 Å². The van der Waals surface area contributed by atoms with Crippen molar-refractivity contribution in [2.75, 3.05) is 9.73 Å². The first kappa shape index (κ1) is 18.1. The van der Waals surface area contributed by atoms with Gasteiger partial charge in [-0.3, -0.25) is 23.3 Å². The van der Waals surface area contributed by atoms with E-state index in [4.69, 9.17) is 0 Å². The fraction of sp³-hybridized carbons (Fsp3) is 0.214. The molecule has 1 atom stereocenters. The Bertz CT molecular complexity index is 880. The van der Waals surface area contributed by atoms with Gasteiger partial charge in [0, 0.05) is 17.7 Å². The fourth-order valence-electron chi connectivity index (χ4n) is 2.40. The number of imide groups is 1. The number of rotatable bonds is 6. The van der Waals surface area contributed by atoms with Gasteiger partial charge in [0.2, 0.25) is 16.2 Å². The topological polar surface area (TPSA) is 136 Å². The third-order valence-electron chi connectivity index (χ3n) is 3.44. The number of hydrogen-bond donors (Lipinski definition) is 1. The predicted molar refractivity (Wildman–Crippen MR) is 91.8 cm³/mol. The predicted octanol–water partition coefficient (Wildman–Crippen LogP) is 1.09. The van der Waals surface area contributed by atoms with Crippen LogP contribution in [-0.2, 0) is 16.1 Å². The summed E-state index contributed by atoms with van der Waals surface area (Å²) in [6, 6.07) is 6.21. The SMILES string of the molecule is CCCC(=O)N(c1nnc(NS(=O)[O-])s1)N1C(=O)c2ccccc2C1=O. The monoisotopic (exact) mass is 394 g/mol. The van der Waals surface area contributed by atoms with Crippen LogP contribution in [0.25, 0.3) is 0 Å². The number of carbonyl (C=O) groups excluding carboxylic acids is 3. The summed E-state index contributed by atoms with van der Waals surface area (Å²) in [5.41, 5.74) is 0.352. The van der Waals surface area contributed by atoms with Crippen molar-refractivity contribution >= 4 is 50.6 Å². The number of fused-ring (bicyclic) bond motifs is 1. The van der Waals surface area contributed by atoms with Crippen molar-refractivity contribution in [3.8, 4) is 0 Å². The average Bonchev–Trinajstić information content (AvgIpc) is 3.14. The average molecular weight is 394 g/mol. The molecular weight excluding hydrogens is 382 g/mol. The van der Waals surface area contributed by atoms with E-state index in [0.717, 1.165) is 16.3 Å². The van der Waals surface area contributed by atoms with Crippen molar-refractivity contribution in [1.82, 2.24) is 15.2 Å². The van der Waals surface area contributed by atoms with Crippen LogP contribution in [0.4, 0.5) is 10.3 Å². The Balaban J connectivity index is 2.01. The highest BCUT2D eigenvalue weighted by molar-refractivity contribution is 7.80. The number of carbonyl (C=O) groups is 3. The lowest BCUT2D eigenvalue weighted by molar-refractivity contribution is -0.120. The molecule has 1 aromatic carbocycles. The molecule has 1 aromatic heterocycles. The lowest BCUT2D eigenvalue weighted by Gasteiger charge is -2.26. The highest BCUT2D eigenvalue weighted by Gasteiger charge is 2.43. The van der Waals surface area contributed by atoms with Crippen LogP contribution in [0, 0.1) is 0 Å². The van der Waals surface area contributed by atoms with Gasteiger partial charge in [0.25, 0.3) is 11.8 Å². The van der Waals surface area contributed by atoms with Crippen LogP contribution < -0.4 is 9.73 Å². The van der Waals surface area contributed by atoms with Crippen molar-refractivity contribution in [3.63, 3.8) is 0 Å². The third-order valence-corrected chi connectivity index (χ3v) is 4.74. The van der Waals surface area contributed by atoms with Gasteiger partial charge in [-0.05, 0) is 18.6 Å². The van der Waals surface area contributed by atoms with E-state index in [1.807, 2.05) is 4.72 Å². The summed E-state index contributed by atoms with van der Waals surface area (Å²) in [5.74, 6) is -1.85. The molecule has 0 aliphatic carbocycles. The first-order valence-electron chi connectivity index (χ1n) is 7.44. The van der Waals surface area contributed by atoms with Crippen molar-refractivity contribution < 1.29 is 23.1 Å². The Morgan fingerprint density at radius 2 is 1.88 bits per heavy atom. The quantitative estimate of drug-likeness (QED) is 0.572. The maximum absolute atomic E-state index is 12.7. The Labute approximate surface area is 154 Å². The molecule has 12 heteroatoms. The lowest BCUT2D eigenvalue weighted by atomic mass is 10.1. The molecule has 1 aliphatic rings. The van der Waals surface area contributed by atoms with Gasteiger partial charge in [0.1, 0.15) is 0 Å². The van der Waals surface area contributed by atoms with E-state index in [9.17, 15) is 23.1 Å². The summed E-state index contributed by atoms with van der Waals surface area (Å²) >= 11 is -1.90. The number of aromatic nitrogens is 2. The van der Waals surface area contributed by atoms with E-state index in [1.54, 1.807) is 19.1 Å². The first-order chi connectivity index (χ1) is 12.4. The Morgan fingerprint density at radius 3 is 2.42 bits per heavy atom. The highest BCUT2D eigenvalue weighted by atomic mass is 32.2. The second-order valence-electron chi connectivity index (χ2n) is 5.15. The van der Waals surface area contributed by atoms with Gasteiger partial charge in [-0.1, -0.05) is 30.4 Å². The number of anilines is 2. The minimum absolute atomic E-state index is 0.0588. The number of hydrogen-bond acceptors (Lipinski definition) is 8. The van der Waals surface area contributed by atoms with Crippen LogP contribution in [0.2, 0.25) is 0 Å². The smallest absolute Gasteiger partial charge is 0.281 e. The van der Waals surface area contributed by atoms with Gasteiger partial charge in [-0.25, -0.2) is 0 Å². The number of nitrogens with one attached hydrogen (secondary N) is 1. The normalized spacial score (nSPS) is 14.3. The second kappa shape index (κ2) is 7.27. The van der Waals surface area contributed by atoms with Crippen LogP contribution in [0.1, 0.15) is 40.5 Å². The summed E-state index contributed by atoms with van der Waals surface area (Å²) in [4.78, 5) is 37.9. The van der Waals surface area contributed by atoms with Crippen molar-refractivity contribution in [1.29, 1.82) is 0 Å². The molecule has 1 unspecified atom stereocenters. The molecule has 0 bridgehead atoms. The van der Waals surface area contributed by atoms with Crippen LogP contribution in [-0.4, -0.2) is 41.7 Å².